The lowest BCUT2D eigenvalue weighted by Crippen LogP contribution is -2.29. The van der Waals surface area contributed by atoms with Crippen LogP contribution in [0.15, 0.2) is 46.6 Å². The Kier molecular flexibility index (Phi) is 7.41. The number of aromatic hydroxyl groups is 1. The second kappa shape index (κ2) is 10.3. The molecule has 0 bridgehead atoms. The van der Waals surface area contributed by atoms with Crippen LogP contribution in [0.3, 0.4) is 0 Å². The third-order valence-electron chi connectivity index (χ3n) is 5.37. The molecule has 0 amide bonds. The van der Waals surface area contributed by atoms with E-state index in [-0.39, 0.29) is 54.1 Å². The molecule has 4 rings (SSSR count). The van der Waals surface area contributed by atoms with Crippen LogP contribution in [0.25, 0.3) is 5.57 Å². The highest BCUT2D eigenvalue weighted by atomic mass is 35.5. The number of nitrogens with zero attached hydrogens (tertiary/aromatic N) is 4. The lowest BCUT2D eigenvalue weighted by molar-refractivity contribution is -0.138. The van der Waals surface area contributed by atoms with Crippen molar-refractivity contribution in [3.8, 4) is 5.88 Å². The van der Waals surface area contributed by atoms with Gasteiger partial charge in [-0.25, -0.2) is 0 Å². The fraction of sp³-hybridized carbons (Fsp3) is 0.261. The Balaban J connectivity index is 1.90. The number of alkyl halides is 3. The largest absolute Gasteiger partial charge is 0.492 e. The van der Waals surface area contributed by atoms with Crippen molar-refractivity contribution in [1.29, 1.82) is 0 Å². The van der Waals surface area contributed by atoms with E-state index in [9.17, 15) is 28.5 Å². The standard InChI is InChI=1S/C23H20ClF3N4O3S/c24-16-3-1-14(18(11-16)23(25,26)27)10-17(13-2-4-19-15(9-13)12-28-30-19)20-21(34)29-22(35-20)31(5-7-32)6-8-33/h1-4,9,11-12,32-34H,5-8,10H2. The van der Waals surface area contributed by atoms with E-state index in [2.05, 4.69) is 15.2 Å². The van der Waals surface area contributed by atoms with Crippen molar-refractivity contribution in [2.75, 3.05) is 31.2 Å². The molecule has 3 N–H and O–H groups in total. The molecule has 0 atom stereocenters. The van der Waals surface area contributed by atoms with E-state index >= 15 is 0 Å². The highest BCUT2D eigenvalue weighted by Crippen LogP contribution is 2.39. The minimum absolute atomic E-state index is 0.0207. The molecule has 0 fully saturated rings. The van der Waals surface area contributed by atoms with Gasteiger partial charge in [0.15, 0.2) is 5.13 Å². The third-order valence-corrected chi connectivity index (χ3v) is 6.77. The molecular formula is C23H20ClF3N4O3S. The number of thiazole rings is 1. The Morgan fingerprint density at radius 1 is 1.06 bits per heavy atom. The van der Waals surface area contributed by atoms with E-state index < -0.39 is 11.7 Å². The number of aliphatic hydroxyl groups excluding tert-OH is 2. The van der Waals surface area contributed by atoms with Crippen molar-refractivity contribution in [1.82, 2.24) is 4.98 Å². The molecule has 1 aliphatic heterocycles. The van der Waals surface area contributed by atoms with Crippen LogP contribution in [-0.2, 0) is 12.6 Å². The van der Waals surface area contributed by atoms with Crippen LogP contribution in [0, 0.1) is 0 Å². The molecule has 0 radical (unpaired) electrons. The minimum atomic E-state index is -4.63. The lowest BCUT2D eigenvalue weighted by Gasteiger charge is -2.18. The number of halogens is 4. The monoisotopic (exact) mass is 524 g/mol. The zero-order chi connectivity index (χ0) is 25.2. The SMILES string of the molecule is OCCN(CCO)c1nc(O)c(C(Cc2ccc(Cl)cc2C(F)(F)F)=c2ccc3c(c2)C=NN=3)s1. The highest BCUT2D eigenvalue weighted by Gasteiger charge is 2.34. The fourth-order valence-corrected chi connectivity index (χ4v) is 4.99. The Labute approximate surface area is 206 Å². The second-order valence-electron chi connectivity index (χ2n) is 7.66. The Hall–Kier alpha value is -2.99. The molecule has 0 saturated heterocycles. The van der Waals surface area contributed by atoms with Crippen molar-refractivity contribution in [2.45, 2.75) is 12.6 Å². The van der Waals surface area contributed by atoms with Gasteiger partial charge < -0.3 is 20.2 Å². The maximum atomic E-state index is 13.8. The van der Waals surface area contributed by atoms with Crippen LogP contribution in [0.4, 0.5) is 18.3 Å². The zero-order valence-corrected chi connectivity index (χ0v) is 19.7. The number of fused-ring (bicyclic) bond motifs is 1. The molecule has 2 aromatic carbocycles. The number of hydrogen-bond acceptors (Lipinski definition) is 8. The molecule has 184 valence electrons. The summed E-state index contributed by atoms with van der Waals surface area (Å²) in [6.07, 6.45) is -3.26. The Morgan fingerprint density at radius 3 is 2.49 bits per heavy atom. The van der Waals surface area contributed by atoms with Crippen molar-refractivity contribution in [2.24, 2.45) is 10.2 Å². The highest BCUT2D eigenvalue weighted by molar-refractivity contribution is 7.17. The van der Waals surface area contributed by atoms with Gasteiger partial charge in [-0.2, -0.15) is 28.4 Å². The summed E-state index contributed by atoms with van der Waals surface area (Å²) < 4.78 is 41.4. The average molecular weight is 525 g/mol. The number of aliphatic hydroxyl groups is 2. The van der Waals surface area contributed by atoms with E-state index in [0.29, 0.717) is 26.8 Å². The summed E-state index contributed by atoms with van der Waals surface area (Å²) in [6, 6.07) is 8.73. The molecule has 0 aliphatic carbocycles. The first-order chi connectivity index (χ1) is 16.7. The van der Waals surface area contributed by atoms with Crippen molar-refractivity contribution in [3.05, 3.63) is 73.6 Å². The van der Waals surface area contributed by atoms with Gasteiger partial charge in [0, 0.05) is 30.1 Å². The predicted molar refractivity (Wildman–Crippen MR) is 128 cm³/mol. The summed E-state index contributed by atoms with van der Waals surface area (Å²) in [5.41, 5.74) is 0.216. The molecule has 2 heterocycles. The maximum Gasteiger partial charge on any atom is 0.416 e. The van der Waals surface area contributed by atoms with Crippen LogP contribution >= 0.6 is 22.9 Å². The normalized spacial score (nSPS) is 13.5. The molecule has 1 aromatic heterocycles. The van der Waals surface area contributed by atoms with Crippen molar-refractivity contribution in [3.63, 3.8) is 0 Å². The fourth-order valence-electron chi connectivity index (χ4n) is 3.74. The third kappa shape index (κ3) is 5.48. The van der Waals surface area contributed by atoms with Gasteiger partial charge in [0.1, 0.15) is 0 Å². The van der Waals surface area contributed by atoms with Gasteiger partial charge in [-0.1, -0.05) is 35.1 Å². The van der Waals surface area contributed by atoms with Gasteiger partial charge in [-0.3, -0.25) is 0 Å². The smallest absolute Gasteiger partial charge is 0.416 e. The number of hydrogen-bond donors (Lipinski definition) is 3. The predicted octanol–water partition coefficient (Wildman–Crippen LogP) is 2.72. The van der Waals surface area contributed by atoms with Gasteiger partial charge in [0.2, 0.25) is 5.88 Å². The van der Waals surface area contributed by atoms with E-state index in [4.69, 9.17) is 11.6 Å². The molecule has 7 nitrogen and oxygen atoms in total. The molecule has 12 heteroatoms. The van der Waals surface area contributed by atoms with E-state index in [1.165, 1.54) is 12.1 Å². The minimum Gasteiger partial charge on any atom is -0.492 e. The molecule has 35 heavy (non-hydrogen) atoms. The zero-order valence-electron chi connectivity index (χ0n) is 18.1. The first-order valence-corrected chi connectivity index (χ1v) is 11.7. The molecule has 0 spiro atoms. The maximum absolute atomic E-state index is 13.8. The van der Waals surface area contributed by atoms with Crippen molar-refractivity contribution >= 4 is 39.9 Å². The lowest BCUT2D eigenvalue weighted by atomic mass is 9.96. The Bertz CT molecular complexity index is 1390. The first kappa shape index (κ1) is 25.1. The topological polar surface area (TPSA) is 102 Å². The summed E-state index contributed by atoms with van der Waals surface area (Å²) >= 11 is 6.91. The quantitative estimate of drug-likeness (QED) is 0.421. The van der Waals surface area contributed by atoms with Crippen molar-refractivity contribution < 1.29 is 28.5 Å². The van der Waals surface area contributed by atoms with Gasteiger partial charge in [0.05, 0.1) is 35.2 Å². The van der Waals surface area contributed by atoms with Gasteiger partial charge in [0.25, 0.3) is 0 Å². The first-order valence-electron chi connectivity index (χ1n) is 10.5. The number of rotatable bonds is 8. The van der Waals surface area contributed by atoms with Crippen LogP contribution in [0.2, 0.25) is 5.02 Å². The second-order valence-corrected chi connectivity index (χ2v) is 9.07. The van der Waals surface area contributed by atoms with Gasteiger partial charge in [-0.15, -0.1) is 0 Å². The number of anilines is 1. The number of aromatic nitrogens is 1. The summed E-state index contributed by atoms with van der Waals surface area (Å²) in [5.74, 6) is -0.359. The van der Waals surface area contributed by atoms with Crippen LogP contribution < -0.4 is 15.5 Å². The molecule has 0 unspecified atom stereocenters. The van der Waals surface area contributed by atoms with Gasteiger partial charge >= 0.3 is 6.18 Å². The van der Waals surface area contributed by atoms with E-state index in [1.54, 1.807) is 29.3 Å². The molecule has 0 saturated carbocycles. The van der Waals surface area contributed by atoms with Crippen LogP contribution in [0.1, 0.15) is 21.6 Å². The summed E-state index contributed by atoms with van der Waals surface area (Å²) in [5, 5.41) is 38.8. The van der Waals surface area contributed by atoms with Crippen LogP contribution in [-0.4, -0.2) is 52.8 Å². The van der Waals surface area contributed by atoms with Crippen LogP contribution in [0.5, 0.6) is 5.88 Å². The van der Waals surface area contributed by atoms with Gasteiger partial charge in [-0.05, 0) is 40.6 Å². The number of benzene rings is 2. The van der Waals surface area contributed by atoms with E-state index in [0.717, 1.165) is 17.4 Å². The Morgan fingerprint density at radius 2 is 1.80 bits per heavy atom. The molecular weight excluding hydrogens is 505 g/mol. The molecule has 1 aliphatic rings. The molecule has 3 aromatic rings. The van der Waals surface area contributed by atoms with E-state index in [1.807, 2.05) is 0 Å². The summed E-state index contributed by atoms with van der Waals surface area (Å²) in [4.78, 5) is 6.02. The summed E-state index contributed by atoms with van der Waals surface area (Å²) in [6.45, 7) is -0.0950. The average Bonchev–Trinajstić information content (AvgIpc) is 3.43. The summed E-state index contributed by atoms with van der Waals surface area (Å²) in [7, 11) is 0.